The highest BCUT2D eigenvalue weighted by atomic mass is 16.5. The van der Waals surface area contributed by atoms with Crippen LogP contribution in [0.15, 0.2) is 12.5 Å². The van der Waals surface area contributed by atoms with Gasteiger partial charge in [0.25, 0.3) is 0 Å². The van der Waals surface area contributed by atoms with Gasteiger partial charge in [0.15, 0.2) is 0 Å². The Kier molecular flexibility index (Phi) is 47.0. The van der Waals surface area contributed by atoms with Gasteiger partial charge in [0.05, 0.1) is 59.1 Å². The Morgan fingerprint density at radius 1 is 0.454 bits per heavy atom. The lowest BCUT2D eigenvalue weighted by atomic mass is 10.0. The summed E-state index contributed by atoms with van der Waals surface area (Å²) >= 11 is 0. The SMILES string of the molecule is CC(=O)N[C@@H](Cc1cnc[nH]1)C(=O)N[C@@H](CO)C(=O)N[C@@H](CCCCN(CC(=O)O)CC(=O)O)C(=O)N[C@@H](CO)C(=O)N[C@@H](CO)C(=O)N[C@@H](CCC(=O)O)C(=O)N[C@@H](CCCCNC(=O)COCCOCCNC(=O)CCCCCCCCCCCCCCCC(=O)O)C(N)=O. The van der Waals surface area contributed by atoms with Crippen molar-refractivity contribution in [1.82, 2.24) is 62.7 Å². The molecule has 550 valence electrons. The molecule has 1 aromatic rings. The summed E-state index contributed by atoms with van der Waals surface area (Å²) in [6, 6.07) is -11.8. The number of carboxylic acids is 4. The van der Waals surface area contributed by atoms with E-state index in [0.717, 1.165) is 63.2 Å². The number of unbranched alkanes of at least 4 members (excludes halogenated alkanes) is 14. The van der Waals surface area contributed by atoms with Crippen molar-refractivity contribution >= 4 is 82.9 Å². The molecule has 0 saturated carbocycles. The van der Waals surface area contributed by atoms with E-state index in [1.807, 2.05) is 0 Å². The van der Waals surface area contributed by atoms with Gasteiger partial charge < -0.3 is 104 Å². The van der Waals surface area contributed by atoms with Crippen LogP contribution in [0.1, 0.15) is 160 Å². The molecular weight excluding hydrogens is 1280 g/mol. The van der Waals surface area contributed by atoms with Gasteiger partial charge in [-0.3, -0.25) is 72.0 Å². The number of aromatic nitrogens is 2. The number of rotatable bonds is 60. The Morgan fingerprint density at radius 3 is 1.34 bits per heavy atom. The van der Waals surface area contributed by atoms with E-state index in [0.29, 0.717) is 18.7 Å². The quantitative estimate of drug-likeness (QED) is 0.0284. The first-order valence-corrected chi connectivity index (χ1v) is 32.8. The number of hydrogen-bond acceptors (Lipinski definition) is 21. The van der Waals surface area contributed by atoms with Gasteiger partial charge in [0.2, 0.25) is 59.1 Å². The van der Waals surface area contributed by atoms with E-state index in [9.17, 15) is 97.8 Å². The number of carbonyl (C=O) groups is 14. The maximum atomic E-state index is 13.9. The third-order valence-corrected chi connectivity index (χ3v) is 14.8. The predicted octanol–water partition coefficient (Wildman–Crippen LogP) is -3.29. The molecule has 0 radical (unpaired) electrons. The average Bonchev–Trinajstić information content (AvgIpc) is 1.88. The van der Waals surface area contributed by atoms with Crippen LogP contribution in [0.25, 0.3) is 0 Å². The standard InChI is InChI=1S/C61H103N13O23/c1-40(78)67-45(31-41-32-63-39-66-41)58(92)72-46(35-75)59(93)69-43(20-16-18-27-74(33-53(85)86)34-54(87)88)56(90)71-48(37-77)61(95)73-47(36-76)60(94)70-44(23-24-52(83)84)57(91)68-42(55(62)89)19-15-17-25-64-50(80)38-97-30-29-96-28-26-65-49(79)21-13-11-9-7-5-3-2-4-6-8-10-12-14-22-51(81)82/h32,39,42-48,75-77H,2-31,33-38H2,1H3,(H2,62,89)(H,63,66)(H,64,80)(H,65,79)(H,67,78)(H,68,91)(H,69,93)(H,70,94)(H,71,90)(H,72,92)(H,73,95)(H,81,82)(H,83,84)(H,85,86)(H,87,88)/t42-,43-,44-,45-,46-,47-,48-/m0/s1. The Hall–Kier alpha value is -8.45. The molecule has 1 heterocycles. The zero-order valence-corrected chi connectivity index (χ0v) is 55.3. The Bertz CT molecular complexity index is 2570. The molecule has 0 fully saturated rings. The molecule has 36 heteroatoms. The van der Waals surface area contributed by atoms with Crippen molar-refractivity contribution in [3.63, 3.8) is 0 Å². The lowest BCUT2D eigenvalue weighted by Crippen LogP contribution is -2.61. The summed E-state index contributed by atoms with van der Waals surface area (Å²) in [5.41, 5.74) is 5.96. The average molecular weight is 1390 g/mol. The van der Waals surface area contributed by atoms with Gasteiger partial charge in [0.1, 0.15) is 48.9 Å². The first-order valence-electron chi connectivity index (χ1n) is 32.8. The van der Waals surface area contributed by atoms with Crippen LogP contribution in [0.5, 0.6) is 0 Å². The third kappa shape index (κ3) is 43.4. The summed E-state index contributed by atoms with van der Waals surface area (Å²) < 4.78 is 10.8. The summed E-state index contributed by atoms with van der Waals surface area (Å²) in [6.07, 6.45) is 15.9. The zero-order valence-electron chi connectivity index (χ0n) is 55.3. The highest BCUT2D eigenvalue weighted by Gasteiger charge is 2.34. The molecule has 36 nitrogen and oxygen atoms in total. The number of imidazole rings is 1. The van der Waals surface area contributed by atoms with E-state index < -0.39 is 165 Å². The van der Waals surface area contributed by atoms with Crippen LogP contribution >= 0.6 is 0 Å². The molecule has 97 heavy (non-hydrogen) atoms. The number of hydrogen-bond donors (Lipinski definition) is 18. The number of carbonyl (C=O) groups excluding carboxylic acids is 10. The minimum atomic E-state index is -1.96. The van der Waals surface area contributed by atoms with Gasteiger partial charge in [-0.1, -0.05) is 70.6 Å². The summed E-state index contributed by atoms with van der Waals surface area (Å²) in [7, 11) is 0. The van der Waals surface area contributed by atoms with Crippen LogP contribution in [0.4, 0.5) is 0 Å². The van der Waals surface area contributed by atoms with Crippen LogP contribution in [-0.4, -0.2) is 255 Å². The van der Waals surface area contributed by atoms with Crippen LogP contribution in [-0.2, 0) is 83.0 Å². The first-order chi connectivity index (χ1) is 46.3. The maximum absolute atomic E-state index is 13.9. The van der Waals surface area contributed by atoms with Crippen molar-refractivity contribution in [3.05, 3.63) is 18.2 Å². The molecule has 0 bridgehead atoms. The molecular formula is C61H103N13O23. The summed E-state index contributed by atoms with van der Waals surface area (Å²) in [5, 5.41) is 88.5. The highest BCUT2D eigenvalue weighted by molar-refractivity contribution is 5.98. The van der Waals surface area contributed by atoms with Crippen LogP contribution in [0.2, 0.25) is 0 Å². The van der Waals surface area contributed by atoms with Crippen LogP contribution < -0.4 is 53.6 Å². The van der Waals surface area contributed by atoms with Gasteiger partial charge in [-0.25, -0.2) is 4.98 Å². The number of amides is 10. The highest BCUT2D eigenvalue weighted by Crippen LogP contribution is 2.14. The molecule has 0 aliphatic heterocycles. The molecule has 0 aliphatic rings. The number of aliphatic carboxylic acids is 4. The fourth-order valence-corrected chi connectivity index (χ4v) is 9.65. The smallest absolute Gasteiger partial charge is 0.317 e. The largest absolute Gasteiger partial charge is 0.481 e. The van der Waals surface area contributed by atoms with E-state index in [1.54, 1.807) is 0 Å². The number of ether oxygens (including phenoxy) is 2. The van der Waals surface area contributed by atoms with Crippen molar-refractivity contribution < 1.29 is 112 Å². The monoisotopic (exact) mass is 1390 g/mol. The molecule has 7 atom stereocenters. The lowest BCUT2D eigenvalue weighted by molar-refractivity contribution is -0.142. The number of carboxylic acid groups (broad SMARTS) is 4. The van der Waals surface area contributed by atoms with Gasteiger partial charge in [-0.05, 0) is 64.3 Å². The zero-order chi connectivity index (χ0) is 72.3. The predicted molar refractivity (Wildman–Crippen MR) is 343 cm³/mol. The van der Waals surface area contributed by atoms with E-state index in [2.05, 4.69) is 57.8 Å². The van der Waals surface area contributed by atoms with Crippen molar-refractivity contribution in [1.29, 1.82) is 0 Å². The Balaban J connectivity index is 2.75. The molecule has 1 rings (SSSR count). The van der Waals surface area contributed by atoms with Gasteiger partial charge >= 0.3 is 23.9 Å². The number of nitrogens with two attached hydrogens (primary N) is 1. The van der Waals surface area contributed by atoms with E-state index in [4.69, 9.17) is 20.3 Å². The Morgan fingerprint density at radius 2 is 0.876 bits per heavy atom. The molecule has 19 N–H and O–H groups in total. The van der Waals surface area contributed by atoms with Crippen molar-refractivity contribution in [2.75, 3.05) is 79.0 Å². The molecule has 0 unspecified atom stereocenters. The first kappa shape index (κ1) is 86.6. The molecule has 0 saturated heterocycles. The lowest BCUT2D eigenvalue weighted by Gasteiger charge is -2.27. The number of aliphatic hydroxyl groups excluding tert-OH is 3. The number of aromatic amines is 1. The van der Waals surface area contributed by atoms with Crippen molar-refractivity contribution in [3.8, 4) is 0 Å². The summed E-state index contributed by atoms with van der Waals surface area (Å²) in [5.74, 6) is -14.0. The molecule has 0 aliphatic carbocycles. The van der Waals surface area contributed by atoms with Crippen LogP contribution in [0, 0.1) is 0 Å². The van der Waals surface area contributed by atoms with E-state index in [-0.39, 0.29) is 96.8 Å². The fourth-order valence-electron chi connectivity index (χ4n) is 9.65. The number of H-pyrrole nitrogens is 1. The van der Waals surface area contributed by atoms with Gasteiger partial charge in [-0.2, -0.15) is 0 Å². The van der Waals surface area contributed by atoms with Gasteiger partial charge in [-0.15, -0.1) is 0 Å². The van der Waals surface area contributed by atoms with Crippen molar-refractivity contribution in [2.45, 2.75) is 203 Å². The third-order valence-electron chi connectivity index (χ3n) is 14.8. The van der Waals surface area contributed by atoms with Crippen molar-refractivity contribution in [2.24, 2.45) is 5.73 Å². The maximum Gasteiger partial charge on any atom is 0.317 e. The minimum Gasteiger partial charge on any atom is -0.481 e. The summed E-state index contributed by atoms with van der Waals surface area (Å²) in [4.78, 5) is 183. The normalized spacial score (nSPS) is 13.2. The second kappa shape index (κ2) is 52.7. The number of aliphatic hydroxyl groups is 3. The number of nitrogens with zero attached hydrogens (tertiary/aromatic N) is 2. The topological polar surface area (TPSA) is 565 Å². The van der Waals surface area contributed by atoms with E-state index >= 15 is 0 Å². The van der Waals surface area contributed by atoms with E-state index in [1.165, 1.54) is 44.6 Å². The van der Waals surface area contributed by atoms with Crippen LogP contribution in [0.3, 0.4) is 0 Å². The Labute approximate surface area is 562 Å². The fraction of sp³-hybridized carbons (Fsp3) is 0.721. The molecule has 0 spiro atoms. The number of primary amides is 1. The minimum absolute atomic E-state index is 0.0235. The van der Waals surface area contributed by atoms with Gasteiger partial charge in [0, 0.05) is 57.6 Å². The second-order valence-electron chi connectivity index (χ2n) is 23.1. The molecule has 0 aromatic carbocycles. The summed E-state index contributed by atoms with van der Waals surface area (Å²) in [6.45, 7) is -3.10. The second-order valence-corrected chi connectivity index (χ2v) is 23.1. The number of nitrogens with one attached hydrogen (secondary N) is 10. The molecule has 10 amide bonds. The molecule has 1 aromatic heterocycles.